The topological polar surface area (TPSA) is 168 Å². The molecule has 3 saturated carbocycles. The van der Waals surface area contributed by atoms with E-state index in [2.05, 4.69) is 36.0 Å². The van der Waals surface area contributed by atoms with Crippen LogP contribution in [-0.2, 0) is 22.6 Å². The number of benzene rings is 3. The number of aromatic nitrogens is 3. The Kier molecular flexibility index (Phi) is 11.8. The van der Waals surface area contributed by atoms with Crippen LogP contribution in [0.1, 0.15) is 92.6 Å². The number of rotatable bonds is 12. The minimum absolute atomic E-state index is 0.0296. The number of aliphatic hydroxyl groups excluding tert-OH is 1. The van der Waals surface area contributed by atoms with Gasteiger partial charge in [0.1, 0.15) is 34.6 Å². The smallest absolute Gasteiger partial charge is 0.319 e. The maximum atomic E-state index is 17.2. The Hall–Kier alpha value is -6.04. The van der Waals surface area contributed by atoms with Crippen LogP contribution in [0.2, 0.25) is 0 Å². The monoisotopic (exact) mass is 1010 g/mol. The summed E-state index contributed by atoms with van der Waals surface area (Å²) in [5.41, 5.74) is 3.84. The molecule has 4 saturated heterocycles. The number of piperidine rings is 3. The average molecular weight is 1010 g/mol. The molecule has 8 aliphatic rings. The first-order valence-electron chi connectivity index (χ1n) is 27.1. The van der Waals surface area contributed by atoms with Gasteiger partial charge in [0, 0.05) is 99.7 Å². The van der Waals surface area contributed by atoms with E-state index in [0.717, 1.165) is 89.3 Å². The van der Waals surface area contributed by atoms with Crippen LogP contribution in [0.25, 0.3) is 32.9 Å². The molecule has 7 heterocycles. The maximum Gasteiger partial charge on any atom is 0.319 e. The SMILES string of the molecule is CCc1c(F)ccc2cc(O)cc(-c3ncc4c(N5C[C@@H]6C[C@H](C5)[C@H](O)C6)nc(OCC5(CN6CCC7(CC6)CC(CN6CCN(c8ccc9c(c8)CN([C@H]8CCC(=O)NC8=O)C9=O)CC6)C7)CC5)nc4c3F)c12. The lowest BCUT2D eigenvalue weighted by Gasteiger charge is -2.54. The van der Waals surface area contributed by atoms with E-state index in [1.54, 1.807) is 23.2 Å². The average Bonchev–Trinajstić information content (AvgIpc) is 4.01. The van der Waals surface area contributed by atoms with Gasteiger partial charge < -0.3 is 34.5 Å². The number of aryl methyl sites for hydroxylation is 1. The number of nitrogens with one attached hydrogen (secondary N) is 1. The van der Waals surface area contributed by atoms with Gasteiger partial charge in [0.2, 0.25) is 11.8 Å². The van der Waals surface area contributed by atoms with Crippen LogP contribution in [0.4, 0.5) is 20.3 Å². The van der Waals surface area contributed by atoms with Crippen LogP contribution >= 0.6 is 0 Å². The summed E-state index contributed by atoms with van der Waals surface area (Å²) < 4.78 is 39.0. The van der Waals surface area contributed by atoms with Crippen molar-refractivity contribution in [3.05, 3.63) is 77.0 Å². The number of fused-ring (bicyclic) bond motifs is 5. The molecule has 4 atom stereocenters. The first-order chi connectivity index (χ1) is 35.8. The number of carbonyl (C=O) groups excluding carboxylic acids is 3. The minimum atomic E-state index is -0.687. The molecule has 3 N–H and O–H groups in total. The molecular weight excluding hydrogens is 945 g/mol. The van der Waals surface area contributed by atoms with Gasteiger partial charge in [0.05, 0.1) is 18.1 Å². The largest absolute Gasteiger partial charge is 0.508 e. The molecule has 3 aliphatic carbocycles. The van der Waals surface area contributed by atoms with E-state index >= 15 is 8.78 Å². The maximum absolute atomic E-state index is 17.2. The number of phenols is 1. The van der Waals surface area contributed by atoms with Crippen molar-refractivity contribution in [2.24, 2.45) is 28.6 Å². The lowest BCUT2D eigenvalue weighted by atomic mass is 9.57. The van der Waals surface area contributed by atoms with Crippen LogP contribution in [0, 0.1) is 40.2 Å². The summed E-state index contributed by atoms with van der Waals surface area (Å²) in [5, 5.41) is 25.5. The number of aliphatic hydroxyl groups is 1. The molecule has 2 bridgehead atoms. The third-order valence-electron chi connectivity index (χ3n) is 18.5. The Morgan fingerprint density at radius 1 is 0.878 bits per heavy atom. The summed E-state index contributed by atoms with van der Waals surface area (Å²) in [6, 6.07) is 11.5. The van der Waals surface area contributed by atoms with E-state index in [-0.39, 0.29) is 64.5 Å². The van der Waals surface area contributed by atoms with E-state index in [4.69, 9.17) is 14.7 Å². The van der Waals surface area contributed by atoms with E-state index < -0.39 is 17.7 Å². The molecule has 17 heteroatoms. The Bertz CT molecular complexity index is 3090. The van der Waals surface area contributed by atoms with Crippen molar-refractivity contribution < 1.29 is 38.1 Å². The summed E-state index contributed by atoms with van der Waals surface area (Å²) in [5.74, 6) is -0.323. The predicted molar refractivity (Wildman–Crippen MR) is 275 cm³/mol. The second-order valence-electron chi connectivity index (χ2n) is 23.4. The molecule has 15 nitrogen and oxygen atoms in total. The molecule has 1 spiro atoms. The van der Waals surface area contributed by atoms with Gasteiger partial charge in [0.25, 0.3) is 5.91 Å². The van der Waals surface area contributed by atoms with E-state index in [1.165, 1.54) is 37.8 Å². The number of nitrogens with zero attached hydrogens (tertiary/aromatic N) is 8. The molecule has 0 unspecified atom stereocenters. The fourth-order valence-electron chi connectivity index (χ4n) is 14.4. The Morgan fingerprint density at radius 2 is 1.69 bits per heavy atom. The van der Waals surface area contributed by atoms with Gasteiger partial charge in [-0.05, 0) is 153 Å². The van der Waals surface area contributed by atoms with Crippen molar-refractivity contribution in [2.75, 3.05) is 81.9 Å². The van der Waals surface area contributed by atoms with Crippen LogP contribution < -0.4 is 19.9 Å². The Morgan fingerprint density at radius 3 is 2.45 bits per heavy atom. The van der Waals surface area contributed by atoms with Gasteiger partial charge in [-0.3, -0.25) is 29.6 Å². The zero-order valence-electron chi connectivity index (χ0n) is 42.1. The number of imide groups is 1. The number of ether oxygens (including phenoxy) is 1. The zero-order chi connectivity index (χ0) is 50.6. The van der Waals surface area contributed by atoms with Gasteiger partial charge in [-0.1, -0.05) is 13.0 Å². The molecule has 3 amide bonds. The summed E-state index contributed by atoms with van der Waals surface area (Å²) in [7, 11) is 0. The van der Waals surface area contributed by atoms with Crippen molar-refractivity contribution >= 4 is 50.9 Å². The first kappa shape index (κ1) is 47.7. The Labute approximate surface area is 429 Å². The molecule has 0 radical (unpaired) electrons. The number of likely N-dealkylation sites (tertiary alicyclic amines) is 1. The third-order valence-corrected chi connectivity index (χ3v) is 18.5. The minimum Gasteiger partial charge on any atom is -0.508 e. The molecule has 7 fully saturated rings. The lowest BCUT2D eigenvalue weighted by molar-refractivity contribution is -0.136. The second kappa shape index (κ2) is 18.4. The number of halogens is 2. The molecule has 13 rings (SSSR count). The molecule has 74 heavy (non-hydrogen) atoms. The number of hydrogen-bond donors (Lipinski definition) is 3. The van der Waals surface area contributed by atoms with Gasteiger partial charge >= 0.3 is 6.01 Å². The fraction of sp³-hybridized carbons (Fsp3) is 0.544. The Balaban J connectivity index is 0.631. The van der Waals surface area contributed by atoms with Gasteiger partial charge in [0.15, 0.2) is 5.82 Å². The number of anilines is 2. The van der Waals surface area contributed by atoms with Crippen LogP contribution in [0.5, 0.6) is 11.8 Å². The summed E-state index contributed by atoms with van der Waals surface area (Å²) in [6.07, 6.45) is 10.9. The van der Waals surface area contributed by atoms with Gasteiger partial charge in [-0.2, -0.15) is 9.97 Å². The zero-order valence-corrected chi connectivity index (χ0v) is 42.1. The number of carbonyl (C=O) groups is 3. The summed E-state index contributed by atoms with van der Waals surface area (Å²) in [4.78, 5) is 63.2. The van der Waals surface area contributed by atoms with Crippen molar-refractivity contribution in [3.63, 3.8) is 0 Å². The quantitative estimate of drug-likeness (QED) is 0.111. The molecular formula is C57H65F2N9O6. The number of amides is 3. The van der Waals surface area contributed by atoms with E-state index in [0.29, 0.717) is 95.0 Å². The third kappa shape index (κ3) is 8.59. The lowest BCUT2D eigenvalue weighted by Crippen LogP contribution is -2.53. The highest BCUT2D eigenvalue weighted by atomic mass is 19.1. The van der Waals surface area contributed by atoms with Crippen molar-refractivity contribution in [3.8, 4) is 23.0 Å². The van der Waals surface area contributed by atoms with Gasteiger partial charge in [-0.15, -0.1) is 0 Å². The standard InChI is InChI=1S/C57H65F2N9O6/c1-2-40-44(58)6-3-35-22-39(69)23-42(48(35)40)50-49(59)51-43(26-60-50)52(67-28-33-19-37(29-67)46(70)20-33)63-55(62-51)74-32-57(9-10-57)31-65-13-11-56(12-14-65)24-34(25-56)27-64-15-17-66(18-16-64)38-4-5-41-36(21-38)30-68(54(41)73)45-7-8-47(71)61-53(45)72/h3-6,21-23,26,33-34,37,45-46,69-70H,2,7-20,24-25,27-32H2,1H3,(H,61,71,72)/t33-,37-,45+,46-/m1/s1. The molecule has 2 aromatic heterocycles. The number of phenolic OH excluding ortho intramolecular Hbond substituents is 1. The van der Waals surface area contributed by atoms with Crippen LogP contribution in [0.15, 0.2) is 48.7 Å². The van der Waals surface area contributed by atoms with E-state index in [1.807, 2.05) is 19.1 Å². The summed E-state index contributed by atoms with van der Waals surface area (Å²) >= 11 is 0. The number of hydrogen-bond acceptors (Lipinski definition) is 13. The second-order valence-corrected chi connectivity index (χ2v) is 23.4. The van der Waals surface area contributed by atoms with Crippen LogP contribution in [0.3, 0.4) is 0 Å². The molecule has 388 valence electrons. The number of pyridine rings is 1. The molecule has 5 aliphatic heterocycles. The highest BCUT2D eigenvalue weighted by molar-refractivity contribution is 6.06. The highest BCUT2D eigenvalue weighted by Crippen LogP contribution is 2.54. The van der Waals surface area contributed by atoms with Crippen molar-refractivity contribution in [1.29, 1.82) is 0 Å². The molecule has 5 aromatic rings. The number of piperazine rings is 1. The molecule has 3 aromatic carbocycles. The highest BCUT2D eigenvalue weighted by Gasteiger charge is 2.50. The van der Waals surface area contributed by atoms with E-state index in [9.17, 15) is 24.6 Å². The van der Waals surface area contributed by atoms with Crippen molar-refractivity contribution in [1.82, 2.24) is 35.0 Å². The summed E-state index contributed by atoms with van der Waals surface area (Å²) in [6.45, 7) is 12.0. The predicted octanol–water partition coefficient (Wildman–Crippen LogP) is 6.83. The normalized spacial score (nSPS) is 25.8. The van der Waals surface area contributed by atoms with Crippen molar-refractivity contribution in [2.45, 2.75) is 96.2 Å². The first-order valence-corrected chi connectivity index (χ1v) is 27.1. The fourth-order valence-corrected chi connectivity index (χ4v) is 14.4. The van der Waals surface area contributed by atoms with Gasteiger partial charge in [-0.25, -0.2) is 8.78 Å². The van der Waals surface area contributed by atoms with Crippen LogP contribution in [-0.4, -0.2) is 142 Å². The number of aromatic hydroxyl groups is 1.